The Morgan fingerprint density at radius 1 is 1.47 bits per heavy atom. The molecule has 1 aromatic heterocycles. The Balaban J connectivity index is 1.90. The summed E-state index contributed by atoms with van der Waals surface area (Å²) in [6.45, 7) is 1.86. The number of rotatable bonds is 7. The third kappa shape index (κ3) is 3.53. The van der Waals surface area contributed by atoms with Crippen LogP contribution in [0.1, 0.15) is 44.4 Å². The van der Waals surface area contributed by atoms with Gasteiger partial charge in [0.15, 0.2) is 0 Å². The molecule has 6 nitrogen and oxygen atoms in total. The molecule has 0 spiro atoms. The second-order valence-corrected chi connectivity index (χ2v) is 5.41. The largest absolute Gasteiger partial charge is 0.481 e. The van der Waals surface area contributed by atoms with Crippen molar-refractivity contribution in [2.45, 2.75) is 51.0 Å². The Hall–Kier alpha value is -1.43. The van der Waals surface area contributed by atoms with Crippen molar-refractivity contribution in [3.05, 3.63) is 11.8 Å². The number of carboxylic acids is 1. The molecular formula is C13H20N2O4. The predicted octanol–water partition coefficient (Wildman–Crippen LogP) is 1.83. The normalized spacial score (nSPS) is 18.8. The van der Waals surface area contributed by atoms with Crippen LogP contribution in [0.2, 0.25) is 0 Å². The van der Waals surface area contributed by atoms with Gasteiger partial charge >= 0.3 is 5.97 Å². The fourth-order valence-electron chi connectivity index (χ4n) is 2.41. The van der Waals surface area contributed by atoms with Crippen molar-refractivity contribution in [2.75, 3.05) is 7.11 Å². The Morgan fingerprint density at radius 3 is 2.68 bits per heavy atom. The van der Waals surface area contributed by atoms with Gasteiger partial charge in [-0.05, 0) is 25.2 Å². The van der Waals surface area contributed by atoms with Gasteiger partial charge in [-0.15, -0.1) is 10.2 Å². The van der Waals surface area contributed by atoms with Crippen LogP contribution in [0.25, 0.3) is 0 Å². The molecule has 0 aromatic carbocycles. The Labute approximate surface area is 112 Å². The van der Waals surface area contributed by atoms with Gasteiger partial charge in [-0.1, -0.05) is 6.92 Å². The minimum atomic E-state index is -0.806. The van der Waals surface area contributed by atoms with Gasteiger partial charge in [-0.3, -0.25) is 4.79 Å². The minimum Gasteiger partial charge on any atom is -0.481 e. The van der Waals surface area contributed by atoms with E-state index in [1.165, 1.54) is 6.42 Å². The molecule has 1 atom stereocenters. The van der Waals surface area contributed by atoms with Crippen molar-refractivity contribution in [1.82, 2.24) is 10.2 Å². The number of carbonyl (C=O) groups is 1. The lowest BCUT2D eigenvalue weighted by Crippen LogP contribution is -2.41. The smallest absolute Gasteiger partial charge is 0.303 e. The number of aliphatic carboxylic acids is 1. The predicted molar refractivity (Wildman–Crippen MR) is 66.7 cm³/mol. The summed E-state index contributed by atoms with van der Waals surface area (Å²) in [5, 5.41) is 16.7. The quantitative estimate of drug-likeness (QED) is 0.812. The van der Waals surface area contributed by atoms with Gasteiger partial charge in [0.1, 0.15) is 0 Å². The maximum Gasteiger partial charge on any atom is 0.303 e. The van der Waals surface area contributed by atoms with Crippen LogP contribution in [0.3, 0.4) is 0 Å². The standard InChI is InChI=1S/C13H20N2O4/c1-9(7-12(16)17)6-10-14-15-11(19-10)8-13(18-2)4-3-5-13/h9H,3-8H2,1-2H3,(H,16,17). The SMILES string of the molecule is COC1(Cc2nnc(CC(C)CC(=O)O)o2)CCC1. The van der Waals surface area contributed by atoms with Crippen LogP contribution >= 0.6 is 0 Å². The highest BCUT2D eigenvalue weighted by molar-refractivity contribution is 5.66. The molecule has 0 amide bonds. The van der Waals surface area contributed by atoms with Crippen LogP contribution in [0, 0.1) is 5.92 Å². The highest BCUT2D eigenvalue weighted by Gasteiger charge is 2.38. The molecule has 106 valence electrons. The van der Waals surface area contributed by atoms with E-state index in [9.17, 15) is 4.79 Å². The van der Waals surface area contributed by atoms with Gasteiger partial charge < -0.3 is 14.3 Å². The van der Waals surface area contributed by atoms with E-state index in [2.05, 4.69) is 10.2 Å². The van der Waals surface area contributed by atoms with E-state index in [4.69, 9.17) is 14.3 Å². The van der Waals surface area contributed by atoms with Crippen LogP contribution in [0.5, 0.6) is 0 Å². The van der Waals surface area contributed by atoms with Crippen LogP contribution in [-0.2, 0) is 22.4 Å². The van der Waals surface area contributed by atoms with Crippen molar-refractivity contribution in [1.29, 1.82) is 0 Å². The fraction of sp³-hybridized carbons (Fsp3) is 0.769. The summed E-state index contributed by atoms with van der Waals surface area (Å²) >= 11 is 0. The second kappa shape index (κ2) is 5.69. The minimum absolute atomic E-state index is 0.00844. The molecule has 1 heterocycles. The van der Waals surface area contributed by atoms with Gasteiger partial charge in [0.2, 0.25) is 11.8 Å². The molecule has 2 rings (SSSR count). The lowest BCUT2D eigenvalue weighted by atomic mass is 9.77. The average molecular weight is 268 g/mol. The first kappa shape index (κ1) is 14.0. The number of hydrogen-bond donors (Lipinski definition) is 1. The first-order valence-electron chi connectivity index (χ1n) is 6.61. The molecular weight excluding hydrogens is 248 g/mol. The van der Waals surface area contributed by atoms with E-state index in [1.807, 2.05) is 6.92 Å². The molecule has 1 aliphatic carbocycles. The molecule has 1 unspecified atom stereocenters. The zero-order chi connectivity index (χ0) is 13.9. The molecule has 6 heteroatoms. The highest BCUT2D eigenvalue weighted by Crippen LogP contribution is 2.37. The lowest BCUT2D eigenvalue weighted by Gasteiger charge is -2.39. The number of aromatic nitrogens is 2. The van der Waals surface area contributed by atoms with Gasteiger partial charge in [-0.2, -0.15) is 0 Å². The fourth-order valence-corrected chi connectivity index (χ4v) is 2.41. The zero-order valence-corrected chi connectivity index (χ0v) is 11.4. The van der Waals surface area contributed by atoms with Gasteiger partial charge in [0.25, 0.3) is 0 Å². The Bertz CT molecular complexity index is 434. The van der Waals surface area contributed by atoms with E-state index >= 15 is 0 Å². The van der Waals surface area contributed by atoms with E-state index in [-0.39, 0.29) is 17.9 Å². The van der Waals surface area contributed by atoms with E-state index in [1.54, 1.807) is 7.11 Å². The third-order valence-corrected chi connectivity index (χ3v) is 3.73. The van der Waals surface area contributed by atoms with Crippen LogP contribution in [0.15, 0.2) is 4.42 Å². The Morgan fingerprint density at radius 2 is 2.16 bits per heavy atom. The zero-order valence-electron chi connectivity index (χ0n) is 11.4. The molecule has 1 N–H and O–H groups in total. The molecule has 0 radical (unpaired) electrons. The summed E-state index contributed by atoms with van der Waals surface area (Å²) in [5.74, 6) is 0.277. The van der Waals surface area contributed by atoms with Crippen molar-refractivity contribution in [3.8, 4) is 0 Å². The van der Waals surface area contributed by atoms with E-state index in [0.717, 1.165) is 12.8 Å². The maximum absolute atomic E-state index is 10.6. The van der Waals surface area contributed by atoms with Crippen LogP contribution in [0.4, 0.5) is 0 Å². The maximum atomic E-state index is 10.6. The summed E-state index contributed by atoms with van der Waals surface area (Å²) in [6, 6.07) is 0. The molecule has 1 aromatic rings. The monoisotopic (exact) mass is 268 g/mol. The first-order chi connectivity index (χ1) is 9.03. The topological polar surface area (TPSA) is 85.5 Å². The average Bonchev–Trinajstić information content (AvgIpc) is 2.69. The summed E-state index contributed by atoms with van der Waals surface area (Å²) < 4.78 is 11.1. The Kier molecular flexibility index (Phi) is 4.19. The molecule has 1 fully saturated rings. The number of hydrogen-bond acceptors (Lipinski definition) is 5. The van der Waals surface area contributed by atoms with E-state index in [0.29, 0.717) is 24.6 Å². The molecule has 0 bridgehead atoms. The molecule has 1 saturated carbocycles. The molecule has 0 saturated heterocycles. The highest BCUT2D eigenvalue weighted by atomic mass is 16.5. The van der Waals surface area contributed by atoms with Gasteiger partial charge in [-0.25, -0.2) is 0 Å². The van der Waals surface area contributed by atoms with Crippen molar-refractivity contribution in [2.24, 2.45) is 5.92 Å². The number of carboxylic acid groups (broad SMARTS) is 1. The van der Waals surface area contributed by atoms with Crippen LogP contribution < -0.4 is 0 Å². The first-order valence-corrected chi connectivity index (χ1v) is 6.61. The summed E-state index contributed by atoms with van der Waals surface area (Å²) in [6.07, 6.45) is 4.47. The van der Waals surface area contributed by atoms with Gasteiger partial charge in [0, 0.05) is 20.0 Å². The summed E-state index contributed by atoms with van der Waals surface area (Å²) in [5.41, 5.74) is -0.128. The molecule has 1 aliphatic rings. The third-order valence-electron chi connectivity index (χ3n) is 3.73. The summed E-state index contributed by atoms with van der Waals surface area (Å²) in [7, 11) is 1.71. The number of nitrogens with zero attached hydrogens (tertiary/aromatic N) is 2. The van der Waals surface area contributed by atoms with E-state index < -0.39 is 5.97 Å². The second-order valence-electron chi connectivity index (χ2n) is 5.41. The number of ether oxygens (including phenoxy) is 1. The van der Waals surface area contributed by atoms with Crippen molar-refractivity contribution in [3.63, 3.8) is 0 Å². The van der Waals surface area contributed by atoms with Crippen LogP contribution in [-0.4, -0.2) is 34.0 Å². The molecule has 19 heavy (non-hydrogen) atoms. The number of methoxy groups -OCH3 is 1. The lowest BCUT2D eigenvalue weighted by molar-refractivity contribution is -0.137. The van der Waals surface area contributed by atoms with Crippen molar-refractivity contribution < 1.29 is 19.1 Å². The summed E-state index contributed by atoms with van der Waals surface area (Å²) in [4.78, 5) is 10.6. The molecule has 0 aliphatic heterocycles. The van der Waals surface area contributed by atoms with Gasteiger partial charge in [0.05, 0.1) is 12.0 Å². The van der Waals surface area contributed by atoms with Crippen molar-refractivity contribution >= 4 is 5.97 Å².